The number of hydrogen-bond donors (Lipinski definition) is 2. The van der Waals surface area contributed by atoms with E-state index >= 15 is 0 Å². The highest BCUT2D eigenvalue weighted by molar-refractivity contribution is 6.39. The van der Waals surface area contributed by atoms with Gasteiger partial charge in [0.05, 0.1) is 0 Å². The van der Waals surface area contributed by atoms with E-state index in [2.05, 4.69) is 36.6 Å². The highest BCUT2D eigenvalue weighted by atomic mass is 16.2. The van der Waals surface area contributed by atoms with Gasteiger partial charge in [0, 0.05) is 18.9 Å². The molecule has 0 spiro atoms. The van der Waals surface area contributed by atoms with Crippen molar-refractivity contribution in [2.45, 2.75) is 46.6 Å². The molecule has 16 heavy (non-hydrogen) atoms. The van der Waals surface area contributed by atoms with Crippen LogP contribution in [0.5, 0.6) is 0 Å². The second-order valence-corrected chi connectivity index (χ2v) is 5.15. The number of amides is 2. The normalized spacial score (nSPS) is 18.5. The maximum absolute atomic E-state index is 11.8. The van der Waals surface area contributed by atoms with Gasteiger partial charge in [-0.1, -0.05) is 20.8 Å². The number of hydrazone groups is 1. The Hall–Kier alpha value is -1.39. The summed E-state index contributed by atoms with van der Waals surface area (Å²) in [6.07, 6.45) is 0.741. The van der Waals surface area contributed by atoms with E-state index in [1.807, 2.05) is 6.92 Å². The molecule has 0 aromatic heterocycles. The summed E-state index contributed by atoms with van der Waals surface area (Å²) in [7, 11) is 0. The van der Waals surface area contributed by atoms with Gasteiger partial charge in [-0.05, 0) is 12.3 Å². The van der Waals surface area contributed by atoms with Crippen LogP contribution in [0.1, 0.15) is 40.5 Å². The number of nitrogens with one attached hydrogen (secondary N) is 2. The third-order valence-corrected chi connectivity index (χ3v) is 2.81. The lowest BCUT2D eigenvalue weighted by Crippen LogP contribution is -2.45. The highest BCUT2D eigenvalue weighted by Gasteiger charge is 2.25. The highest BCUT2D eigenvalue weighted by Crippen LogP contribution is 2.18. The Bertz CT molecular complexity index is 329. The summed E-state index contributed by atoms with van der Waals surface area (Å²) in [4.78, 5) is 22.6. The second kappa shape index (κ2) is 4.63. The monoisotopic (exact) mass is 225 g/mol. The zero-order valence-corrected chi connectivity index (χ0v) is 10.3. The molecule has 1 rings (SSSR count). The van der Waals surface area contributed by atoms with Crippen LogP contribution in [-0.2, 0) is 9.59 Å². The minimum Gasteiger partial charge on any atom is -0.348 e. The summed E-state index contributed by atoms with van der Waals surface area (Å²) in [5.41, 5.74) is 2.72. The predicted octanol–water partition coefficient (Wildman–Crippen LogP) is 0.803. The quantitative estimate of drug-likeness (QED) is 0.730. The molecule has 0 aromatic rings. The fourth-order valence-electron chi connectivity index (χ4n) is 1.13. The summed E-state index contributed by atoms with van der Waals surface area (Å²) in [6.45, 7) is 8.13. The average molecular weight is 225 g/mol. The van der Waals surface area contributed by atoms with Gasteiger partial charge < -0.3 is 5.32 Å². The molecule has 5 nitrogen and oxygen atoms in total. The van der Waals surface area contributed by atoms with Gasteiger partial charge in [0.25, 0.3) is 5.91 Å². The van der Waals surface area contributed by atoms with Crippen molar-refractivity contribution in [3.63, 3.8) is 0 Å². The van der Waals surface area contributed by atoms with Gasteiger partial charge in [-0.15, -0.1) is 0 Å². The van der Waals surface area contributed by atoms with Crippen LogP contribution in [0, 0.1) is 5.41 Å². The molecule has 0 saturated heterocycles. The molecule has 2 amide bonds. The van der Waals surface area contributed by atoms with Crippen molar-refractivity contribution in [3.05, 3.63) is 0 Å². The van der Waals surface area contributed by atoms with Crippen LogP contribution >= 0.6 is 0 Å². The zero-order valence-electron chi connectivity index (χ0n) is 10.3. The molecular weight excluding hydrogens is 206 g/mol. The minimum absolute atomic E-state index is 0.00807. The Morgan fingerprint density at radius 1 is 1.44 bits per heavy atom. The van der Waals surface area contributed by atoms with Gasteiger partial charge in [-0.2, -0.15) is 5.10 Å². The van der Waals surface area contributed by atoms with Crippen molar-refractivity contribution in [1.82, 2.24) is 10.7 Å². The lowest BCUT2D eigenvalue weighted by molar-refractivity contribution is -0.121. The Balaban J connectivity index is 2.57. The third kappa shape index (κ3) is 3.32. The van der Waals surface area contributed by atoms with E-state index in [-0.39, 0.29) is 23.3 Å². The van der Waals surface area contributed by atoms with Gasteiger partial charge in [0.1, 0.15) is 5.71 Å². The minimum atomic E-state index is -0.192. The maximum Gasteiger partial charge on any atom is 0.267 e. The number of nitrogens with zero attached hydrogens (tertiary/aromatic N) is 1. The Morgan fingerprint density at radius 2 is 2.06 bits per heavy atom. The fourth-order valence-corrected chi connectivity index (χ4v) is 1.13. The molecule has 1 aliphatic rings. The van der Waals surface area contributed by atoms with Crippen LogP contribution in [-0.4, -0.2) is 23.6 Å². The lowest BCUT2D eigenvalue weighted by Gasteiger charge is -2.28. The molecule has 0 radical (unpaired) electrons. The van der Waals surface area contributed by atoms with Crippen molar-refractivity contribution in [3.8, 4) is 0 Å². The number of carbonyl (C=O) groups is 2. The Kier molecular flexibility index (Phi) is 3.67. The number of hydrogen-bond acceptors (Lipinski definition) is 3. The first-order valence-electron chi connectivity index (χ1n) is 5.47. The molecule has 1 aliphatic heterocycles. The van der Waals surface area contributed by atoms with Gasteiger partial charge in [-0.3, -0.25) is 9.59 Å². The van der Waals surface area contributed by atoms with E-state index < -0.39 is 0 Å². The molecule has 90 valence electrons. The standard InChI is InChI=1S/C11H19N3O2/c1-7(11(2,3)4)12-10(16)8-5-6-9(15)14-13-8/h7H,5-6H2,1-4H3,(H,12,16)(H,14,15). The molecule has 1 unspecified atom stereocenters. The Morgan fingerprint density at radius 3 is 2.50 bits per heavy atom. The van der Waals surface area contributed by atoms with Crippen LogP contribution in [0.3, 0.4) is 0 Å². The topological polar surface area (TPSA) is 70.6 Å². The van der Waals surface area contributed by atoms with Crippen LogP contribution in [0.4, 0.5) is 0 Å². The predicted molar refractivity (Wildman–Crippen MR) is 61.9 cm³/mol. The van der Waals surface area contributed by atoms with Crippen LogP contribution in [0.25, 0.3) is 0 Å². The summed E-state index contributed by atoms with van der Waals surface area (Å²) in [6, 6.07) is 0.0559. The first kappa shape index (κ1) is 12.7. The van der Waals surface area contributed by atoms with E-state index in [1.54, 1.807) is 0 Å². The Labute approximate surface area is 95.7 Å². The molecule has 0 saturated carbocycles. The third-order valence-electron chi connectivity index (χ3n) is 2.81. The fraction of sp³-hybridized carbons (Fsp3) is 0.727. The maximum atomic E-state index is 11.8. The molecular formula is C11H19N3O2. The summed E-state index contributed by atoms with van der Waals surface area (Å²) >= 11 is 0. The van der Waals surface area contributed by atoms with E-state index in [0.29, 0.717) is 18.6 Å². The average Bonchev–Trinajstić information content (AvgIpc) is 2.17. The van der Waals surface area contributed by atoms with Crippen molar-refractivity contribution in [2.24, 2.45) is 10.5 Å². The molecule has 1 heterocycles. The molecule has 0 bridgehead atoms. The van der Waals surface area contributed by atoms with Gasteiger partial charge in [0.2, 0.25) is 5.91 Å². The lowest BCUT2D eigenvalue weighted by atomic mass is 9.88. The van der Waals surface area contributed by atoms with Crippen LogP contribution in [0.15, 0.2) is 5.10 Å². The summed E-state index contributed by atoms with van der Waals surface area (Å²) in [5, 5.41) is 6.63. The van der Waals surface area contributed by atoms with Crippen molar-refractivity contribution in [1.29, 1.82) is 0 Å². The first-order valence-corrected chi connectivity index (χ1v) is 5.47. The van der Waals surface area contributed by atoms with Crippen molar-refractivity contribution >= 4 is 17.5 Å². The summed E-state index contributed by atoms with van der Waals surface area (Å²) < 4.78 is 0. The SMILES string of the molecule is CC(NC(=O)C1=NNC(=O)CC1)C(C)(C)C. The molecule has 0 aromatic carbocycles. The number of rotatable bonds is 2. The summed E-state index contributed by atoms with van der Waals surface area (Å²) in [5.74, 6) is -0.331. The van der Waals surface area contributed by atoms with E-state index in [9.17, 15) is 9.59 Å². The van der Waals surface area contributed by atoms with E-state index in [0.717, 1.165) is 0 Å². The first-order chi connectivity index (χ1) is 7.30. The second-order valence-electron chi connectivity index (χ2n) is 5.15. The van der Waals surface area contributed by atoms with Gasteiger partial charge in [0.15, 0.2) is 0 Å². The van der Waals surface area contributed by atoms with Crippen LogP contribution < -0.4 is 10.7 Å². The smallest absolute Gasteiger partial charge is 0.267 e. The number of carbonyl (C=O) groups excluding carboxylic acids is 2. The molecule has 1 atom stereocenters. The van der Waals surface area contributed by atoms with Crippen molar-refractivity contribution in [2.75, 3.05) is 0 Å². The van der Waals surface area contributed by atoms with E-state index in [1.165, 1.54) is 0 Å². The van der Waals surface area contributed by atoms with Crippen LogP contribution in [0.2, 0.25) is 0 Å². The van der Waals surface area contributed by atoms with Crippen molar-refractivity contribution < 1.29 is 9.59 Å². The molecule has 0 aliphatic carbocycles. The van der Waals surface area contributed by atoms with Gasteiger partial charge in [-0.25, -0.2) is 5.43 Å². The van der Waals surface area contributed by atoms with Gasteiger partial charge >= 0.3 is 0 Å². The molecule has 5 heteroatoms. The van der Waals surface area contributed by atoms with E-state index in [4.69, 9.17) is 0 Å². The zero-order chi connectivity index (χ0) is 12.3. The molecule has 0 fully saturated rings. The molecule has 2 N–H and O–H groups in total. The largest absolute Gasteiger partial charge is 0.348 e.